The van der Waals surface area contributed by atoms with Gasteiger partial charge in [-0.3, -0.25) is 9.59 Å². The van der Waals surface area contributed by atoms with Gasteiger partial charge in [0.05, 0.1) is 7.11 Å². The molecule has 3 heteroatoms. The molecule has 0 atom stereocenters. The van der Waals surface area contributed by atoms with Crippen LogP contribution in [0.4, 0.5) is 0 Å². The molecule has 0 unspecified atom stereocenters. The summed E-state index contributed by atoms with van der Waals surface area (Å²) in [5.74, 6) is 0.821. The van der Waals surface area contributed by atoms with Crippen LogP contribution >= 0.6 is 0 Å². The molecule has 0 saturated heterocycles. The number of carbonyl (C=O) groups excluding carboxylic acids is 2. The molecular weight excluding hydrogens is 312 g/mol. The van der Waals surface area contributed by atoms with Gasteiger partial charge < -0.3 is 4.74 Å². The third kappa shape index (κ3) is 3.71. The lowest BCUT2D eigenvalue weighted by atomic mass is 9.84. The fourth-order valence-corrected chi connectivity index (χ4v) is 3.50. The molecule has 3 rings (SSSR count). The molecule has 1 saturated carbocycles. The minimum atomic E-state index is 0.432. The number of methoxy groups -OCH3 is 1. The molecule has 0 aliphatic heterocycles. The van der Waals surface area contributed by atoms with Crippen LogP contribution in [0, 0.1) is 0 Å². The molecule has 0 amide bonds. The topological polar surface area (TPSA) is 43.4 Å². The molecule has 0 spiro atoms. The van der Waals surface area contributed by atoms with Gasteiger partial charge in [-0.1, -0.05) is 36.3 Å². The highest BCUT2D eigenvalue weighted by molar-refractivity contribution is 5.93. The summed E-state index contributed by atoms with van der Waals surface area (Å²) in [6, 6.07) is 13.5. The van der Waals surface area contributed by atoms with E-state index in [0.717, 1.165) is 42.3 Å². The van der Waals surface area contributed by atoms with Gasteiger partial charge in [0.1, 0.15) is 5.75 Å². The van der Waals surface area contributed by atoms with E-state index in [4.69, 9.17) is 4.74 Å². The van der Waals surface area contributed by atoms with Crippen LogP contribution in [0.2, 0.25) is 0 Å². The van der Waals surface area contributed by atoms with Crippen LogP contribution in [0.3, 0.4) is 0 Å². The van der Waals surface area contributed by atoms with Crippen LogP contribution in [0.1, 0.15) is 63.9 Å². The van der Waals surface area contributed by atoms with Crippen molar-refractivity contribution in [2.24, 2.45) is 0 Å². The van der Waals surface area contributed by atoms with E-state index >= 15 is 0 Å². The molecule has 0 N–H and O–H groups in total. The van der Waals surface area contributed by atoms with Crippen molar-refractivity contribution >= 4 is 18.1 Å². The molecule has 0 radical (unpaired) electrons. The summed E-state index contributed by atoms with van der Waals surface area (Å²) in [6.07, 6.45) is 7.30. The number of ether oxygens (including phenoxy) is 1. The second-order valence-corrected chi connectivity index (χ2v) is 6.35. The molecule has 1 fully saturated rings. The van der Waals surface area contributed by atoms with Gasteiger partial charge in [-0.25, -0.2) is 0 Å². The maximum atomic E-state index is 11.4. The van der Waals surface area contributed by atoms with E-state index < -0.39 is 0 Å². The van der Waals surface area contributed by atoms with Crippen molar-refractivity contribution in [2.75, 3.05) is 7.11 Å². The maximum absolute atomic E-state index is 11.4. The maximum Gasteiger partial charge on any atom is 0.150 e. The number of allylic oxidation sites excluding steroid dienone is 1. The van der Waals surface area contributed by atoms with Crippen molar-refractivity contribution in [1.82, 2.24) is 0 Å². The highest BCUT2D eigenvalue weighted by Gasteiger charge is 2.16. The largest absolute Gasteiger partial charge is 0.497 e. The second kappa shape index (κ2) is 7.93. The van der Waals surface area contributed by atoms with Gasteiger partial charge in [-0.15, -0.1) is 0 Å². The van der Waals surface area contributed by atoms with E-state index in [1.807, 2.05) is 24.3 Å². The molecule has 25 heavy (non-hydrogen) atoms. The van der Waals surface area contributed by atoms with Crippen LogP contribution in [-0.2, 0) is 0 Å². The standard InChI is InChI=1S/C22H22O3/c1-25-21-11-9-17(10-12-21)22(16-5-3-2-4-6-16)18-7-8-19(14-23)20(13-18)15-24/h7-15H,2-6H2,1H3. The van der Waals surface area contributed by atoms with Gasteiger partial charge in [0.15, 0.2) is 12.6 Å². The summed E-state index contributed by atoms with van der Waals surface area (Å²) >= 11 is 0. The van der Waals surface area contributed by atoms with Crippen LogP contribution in [0.15, 0.2) is 48.0 Å². The van der Waals surface area contributed by atoms with Gasteiger partial charge >= 0.3 is 0 Å². The minimum absolute atomic E-state index is 0.432. The van der Waals surface area contributed by atoms with Gasteiger partial charge in [-0.2, -0.15) is 0 Å². The first-order valence-electron chi connectivity index (χ1n) is 8.68. The molecule has 2 aromatic rings. The molecule has 2 aromatic carbocycles. The summed E-state index contributed by atoms with van der Waals surface area (Å²) in [5.41, 5.74) is 5.59. The average molecular weight is 334 g/mol. The van der Waals surface area contributed by atoms with Crippen molar-refractivity contribution < 1.29 is 14.3 Å². The van der Waals surface area contributed by atoms with E-state index in [0.29, 0.717) is 11.1 Å². The highest BCUT2D eigenvalue weighted by atomic mass is 16.5. The third-order valence-electron chi connectivity index (χ3n) is 4.82. The third-order valence-corrected chi connectivity index (χ3v) is 4.82. The summed E-state index contributed by atoms with van der Waals surface area (Å²) in [4.78, 5) is 22.5. The van der Waals surface area contributed by atoms with E-state index in [1.165, 1.54) is 30.4 Å². The van der Waals surface area contributed by atoms with Crippen molar-refractivity contribution in [1.29, 1.82) is 0 Å². The Bertz CT molecular complexity index is 793. The average Bonchev–Trinajstić information content (AvgIpc) is 2.69. The molecule has 0 heterocycles. The Balaban J connectivity index is 2.14. The van der Waals surface area contributed by atoms with E-state index in [9.17, 15) is 9.59 Å². The summed E-state index contributed by atoms with van der Waals surface area (Å²) in [6.45, 7) is 0. The summed E-state index contributed by atoms with van der Waals surface area (Å²) in [5, 5.41) is 0. The van der Waals surface area contributed by atoms with E-state index in [2.05, 4.69) is 12.1 Å². The quantitative estimate of drug-likeness (QED) is 0.716. The Morgan fingerprint density at radius 2 is 1.48 bits per heavy atom. The first-order chi connectivity index (χ1) is 12.3. The van der Waals surface area contributed by atoms with Crippen molar-refractivity contribution in [3.8, 4) is 5.75 Å². The summed E-state index contributed by atoms with van der Waals surface area (Å²) in [7, 11) is 1.66. The second-order valence-electron chi connectivity index (χ2n) is 6.35. The Labute approximate surface area is 148 Å². The lowest BCUT2D eigenvalue weighted by Crippen LogP contribution is -2.02. The Morgan fingerprint density at radius 1 is 0.840 bits per heavy atom. The number of hydrogen-bond acceptors (Lipinski definition) is 3. The first-order valence-corrected chi connectivity index (χ1v) is 8.68. The monoisotopic (exact) mass is 334 g/mol. The zero-order valence-electron chi connectivity index (χ0n) is 14.5. The van der Waals surface area contributed by atoms with Crippen molar-refractivity contribution in [3.05, 3.63) is 70.3 Å². The molecule has 1 aliphatic rings. The molecule has 128 valence electrons. The van der Waals surface area contributed by atoms with E-state index in [-0.39, 0.29) is 0 Å². The van der Waals surface area contributed by atoms with Gasteiger partial charge in [0.2, 0.25) is 0 Å². The lowest BCUT2D eigenvalue weighted by molar-refractivity contribution is 0.109. The predicted octanol–water partition coefficient (Wildman–Crippen LogP) is 5.09. The number of carbonyl (C=O) groups is 2. The number of aldehydes is 2. The Kier molecular flexibility index (Phi) is 5.44. The molecule has 3 nitrogen and oxygen atoms in total. The highest BCUT2D eigenvalue weighted by Crippen LogP contribution is 2.36. The van der Waals surface area contributed by atoms with Crippen LogP contribution in [-0.4, -0.2) is 19.7 Å². The molecule has 0 bridgehead atoms. The molecular formula is C22H22O3. The van der Waals surface area contributed by atoms with Gasteiger partial charge in [0.25, 0.3) is 0 Å². The predicted molar refractivity (Wildman–Crippen MR) is 99.3 cm³/mol. The van der Waals surface area contributed by atoms with Crippen LogP contribution < -0.4 is 4.74 Å². The fraction of sp³-hybridized carbons (Fsp3) is 0.273. The fourth-order valence-electron chi connectivity index (χ4n) is 3.50. The zero-order valence-corrected chi connectivity index (χ0v) is 14.5. The van der Waals surface area contributed by atoms with Crippen molar-refractivity contribution in [2.45, 2.75) is 32.1 Å². The lowest BCUT2D eigenvalue weighted by Gasteiger charge is -2.21. The SMILES string of the molecule is COc1ccc(C(=C2CCCCC2)c2ccc(C=O)c(C=O)c2)cc1. The number of hydrogen-bond donors (Lipinski definition) is 0. The Morgan fingerprint density at radius 3 is 2.08 bits per heavy atom. The van der Waals surface area contributed by atoms with Gasteiger partial charge in [-0.05, 0) is 60.6 Å². The van der Waals surface area contributed by atoms with Crippen molar-refractivity contribution in [3.63, 3.8) is 0 Å². The summed E-state index contributed by atoms with van der Waals surface area (Å²) < 4.78 is 5.27. The van der Waals surface area contributed by atoms with Crippen LogP contribution in [0.5, 0.6) is 5.75 Å². The molecule has 0 aromatic heterocycles. The zero-order chi connectivity index (χ0) is 17.6. The number of benzene rings is 2. The van der Waals surface area contributed by atoms with Gasteiger partial charge in [0, 0.05) is 11.1 Å². The molecule has 1 aliphatic carbocycles. The Hall–Kier alpha value is -2.68. The van der Waals surface area contributed by atoms with Crippen LogP contribution in [0.25, 0.3) is 5.57 Å². The smallest absolute Gasteiger partial charge is 0.150 e. The first kappa shape index (κ1) is 17.2. The normalized spacial score (nSPS) is 14.0. The van der Waals surface area contributed by atoms with E-state index in [1.54, 1.807) is 13.2 Å². The number of rotatable bonds is 5. The minimum Gasteiger partial charge on any atom is -0.497 e.